The molecule has 170 valence electrons. The summed E-state index contributed by atoms with van der Waals surface area (Å²) in [7, 11) is 0. The smallest absolute Gasteiger partial charge is 0.296 e. The number of thioether (sulfide) groups is 1. The molecule has 2 aromatic heterocycles. The largest absolute Gasteiger partial charge is 0.503 e. The number of aromatic nitrogens is 2. The fourth-order valence-electron chi connectivity index (χ4n) is 3.72. The number of carbonyl (C=O) groups is 2. The molecule has 9 heteroatoms. The van der Waals surface area contributed by atoms with Gasteiger partial charge in [0.2, 0.25) is 10.9 Å². The molecule has 0 aliphatic carbocycles. The summed E-state index contributed by atoms with van der Waals surface area (Å²) in [6.45, 7) is 1.95. The fourth-order valence-corrected chi connectivity index (χ4v) is 5.54. The van der Waals surface area contributed by atoms with Gasteiger partial charge in [-0.3, -0.25) is 14.5 Å². The van der Waals surface area contributed by atoms with Gasteiger partial charge in [-0.25, -0.2) is 0 Å². The number of nitrogens with zero attached hydrogens (tertiary/aromatic N) is 3. The van der Waals surface area contributed by atoms with E-state index in [0.29, 0.717) is 20.8 Å². The summed E-state index contributed by atoms with van der Waals surface area (Å²) >= 11 is 2.75. The summed E-state index contributed by atoms with van der Waals surface area (Å²) in [5.74, 6) is -1.11. The molecule has 0 fully saturated rings. The second-order valence-corrected chi connectivity index (χ2v) is 9.86. The first kappa shape index (κ1) is 22.1. The topological polar surface area (TPSA) is 96.5 Å². The highest BCUT2D eigenvalue weighted by Crippen LogP contribution is 2.44. The van der Waals surface area contributed by atoms with Gasteiger partial charge in [-0.1, -0.05) is 83.3 Å². The minimum Gasteiger partial charge on any atom is -0.503 e. The van der Waals surface area contributed by atoms with Crippen molar-refractivity contribution in [1.82, 2.24) is 10.2 Å². The maximum Gasteiger partial charge on any atom is 0.296 e. The zero-order valence-corrected chi connectivity index (χ0v) is 19.7. The molecule has 0 saturated heterocycles. The number of benzene rings is 2. The van der Waals surface area contributed by atoms with Crippen molar-refractivity contribution in [2.45, 2.75) is 23.1 Å². The lowest BCUT2D eigenvalue weighted by atomic mass is 9.95. The Morgan fingerprint density at radius 3 is 2.56 bits per heavy atom. The zero-order chi connectivity index (χ0) is 23.7. The molecule has 7 nitrogen and oxygen atoms in total. The van der Waals surface area contributed by atoms with E-state index in [-0.39, 0.29) is 11.3 Å². The van der Waals surface area contributed by atoms with E-state index in [1.165, 1.54) is 40.3 Å². The lowest BCUT2D eigenvalue weighted by Gasteiger charge is -2.23. The summed E-state index contributed by atoms with van der Waals surface area (Å²) in [5.41, 5.74) is 2.80. The molecule has 1 N–H and O–H groups in total. The van der Waals surface area contributed by atoms with E-state index >= 15 is 0 Å². The number of ketones is 1. The summed E-state index contributed by atoms with van der Waals surface area (Å²) in [6, 6.07) is 19.7. The van der Waals surface area contributed by atoms with E-state index in [1.54, 1.807) is 6.07 Å². The van der Waals surface area contributed by atoms with E-state index in [1.807, 2.05) is 61.5 Å². The Balaban J connectivity index is 1.50. The van der Waals surface area contributed by atoms with Crippen molar-refractivity contribution in [3.8, 4) is 0 Å². The van der Waals surface area contributed by atoms with Gasteiger partial charge < -0.3 is 9.52 Å². The van der Waals surface area contributed by atoms with E-state index < -0.39 is 23.5 Å². The third-order valence-electron chi connectivity index (χ3n) is 5.40. The first-order valence-electron chi connectivity index (χ1n) is 10.4. The molecule has 4 aromatic rings. The van der Waals surface area contributed by atoms with E-state index in [9.17, 15) is 14.7 Å². The second-order valence-electron chi connectivity index (χ2n) is 7.68. The van der Waals surface area contributed by atoms with Gasteiger partial charge in [-0.2, -0.15) is 0 Å². The SMILES string of the molecule is Cc1ccc([C@@H]2C(C(=O)c3ccco3)=C(O)C(=O)N2c2nnc(SCc3ccccc3)s2)cc1. The molecular weight excluding hydrogens is 470 g/mol. The molecule has 1 aliphatic heterocycles. The van der Waals surface area contributed by atoms with Crippen molar-refractivity contribution < 1.29 is 19.1 Å². The van der Waals surface area contributed by atoms with Crippen LogP contribution >= 0.6 is 23.1 Å². The fraction of sp³-hybridized carbons (Fsp3) is 0.120. The number of aliphatic hydroxyl groups excluding tert-OH is 1. The molecule has 5 rings (SSSR count). The Bertz CT molecular complexity index is 1360. The highest BCUT2D eigenvalue weighted by atomic mass is 32.2. The quantitative estimate of drug-likeness (QED) is 0.208. The molecular formula is C25H19N3O4S2. The number of amides is 1. The van der Waals surface area contributed by atoms with Crippen LogP contribution in [-0.4, -0.2) is 27.0 Å². The number of carbonyl (C=O) groups excluding carboxylic acids is 2. The van der Waals surface area contributed by atoms with Crippen molar-refractivity contribution in [2.24, 2.45) is 0 Å². The first-order chi connectivity index (χ1) is 16.5. The van der Waals surface area contributed by atoms with Crippen LogP contribution in [0, 0.1) is 6.92 Å². The molecule has 0 bridgehead atoms. The minimum absolute atomic E-state index is 0.0440. The summed E-state index contributed by atoms with van der Waals surface area (Å²) in [6.07, 6.45) is 1.38. The van der Waals surface area contributed by atoms with Crippen LogP contribution in [0.4, 0.5) is 5.13 Å². The van der Waals surface area contributed by atoms with Gasteiger partial charge >= 0.3 is 0 Å². The molecule has 34 heavy (non-hydrogen) atoms. The minimum atomic E-state index is -0.856. The molecule has 1 atom stereocenters. The van der Waals surface area contributed by atoms with Crippen LogP contribution in [0.2, 0.25) is 0 Å². The number of hydrogen-bond acceptors (Lipinski definition) is 8. The molecule has 0 radical (unpaired) electrons. The molecule has 3 heterocycles. The summed E-state index contributed by atoms with van der Waals surface area (Å²) < 4.78 is 5.94. The molecule has 1 amide bonds. The van der Waals surface area contributed by atoms with Crippen molar-refractivity contribution in [3.63, 3.8) is 0 Å². The van der Waals surface area contributed by atoms with Crippen molar-refractivity contribution in [3.05, 3.63) is 107 Å². The van der Waals surface area contributed by atoms with Gasteiger partial charge in [0.15, 0.2) is 15.9 Å². The number of anilines is 1. The van der Waals surface area contributed by atoms with Crippen LogP contribution in [-0.2, 0) is 10.5 Å². The maximum atomic E-state index is 13.2. The Kier molecular flexibility index (Phi) is 6.04. The van der Waals surface area contributed by atoms with Gasteiger partial charge in [0.05, 0.1) is 17.9 Å². The van der Waals surface area contributed by atoms with Crippen LogP contribution in [0.3, 0.4) is 0 Å². The number of aryl methyl sites for hydroxylation is 1. The Morgan fingerprint density at radius 2 is 1.85 bits per heavy atom. The van der Waals surface area contributed by atoms with Crippen LogP contribution in [0.15, 0.2) is 93.1 Å². The monoisotopic (exact) mass is 489 g/mol. The maximum absolute atomic E-state index is 13.2. The average Bonchev–Trinajstić information content (AvgIpc) is 3.60. The van der Waals surface area contributed by atoms with E-state index in [0.717, 1.165) is 11.1 Å². The van der Waals surface area contributed by atoms with Crippen LogP contribution in [0.25, 0.3) is 0 Å². The van der Waals surface area contributed by atoms with Gasteiger partial charge in [0.1, 0.15) is 0 Å². The summed E-state index contributed by atoms with van der Waals surface area (Å²) in [4.78, 5) is 27.8. The molecule has 0 spiro atoms. The lowest BCUT2D eigenvalue weighted by Crippen LogP contribution is -2.31. The molecule has 0 saturated carbocycles. The number of hydrogen-bond donors (Lipinski definition) is 1. The Morgan fingerprint density at radius 1 is 1.09 bits per heavy atom. The Labute approximate surface area is 203 Å². The Hall–Kier alpha value is -3.69. The predicted molar refractivity (Wildman–Crippen MR) is 130 cm³/mol. The second kappa shape index (κ2) is 9.28. The van der Waals surface area contributed by atoms with Crippen molar-refractivity contribution in [2.75, 3.05) is 4.90 Å². The van der Waals surface area contributed by atoms with E-state index in [2.05, 4.69) is 10.2 Å². The first-order valence-corrected chi connectivity index (χ1v) is 12.2. The van der Waals surface area contributed by atoms with Gasteiger partial charge in [-0.15, -0.1) is 10.2 Å². The normalized spacial score (nSPS) is 15.9. The molecule has 1 aliphatic rings. The zero-order valence-electron chi connectivity index (χ0n) is 18.0. The number of rotatable bonds is 7. The van der Waals surface area contributed by atoms with Crippen LogP contribution in [0.1, 0.15) is 33.3 Å². The highest BCUT2D eigenvalue weighted by molar-refractivity contribution is 8.00. The van der Waals surface area contributed by atoms with Gasteiger partial charge in [-0.05, 0) is 30.2 Å². The highest BCUT2D eigenvalue weighted by Gasteiger charge is 2.46. The van der Waals surface area contributed by atoms with Gasteiger partial charge in [0.25, 0.3) is 5.91 Å². The number of aliphatic hydroxyl groups is 1. The standard InChI is InChI=1S/C25H19N3O4S2/c1-15-9-11-17(12-10-15)20-19(21(29)18-8-5-13-32-18)22(30)23(31)28(20)24-26-27-25(34-24)33-14-16-6-3-2-4-7-16/h2-13,20,30H,14H2,1H3/t20-/m1/s1. The van der Waals surface area contributed by atoms with E-state index in [4.69, 9.17) is 4.42 Å². The van der Waals surface area contributed by atoms with Crippen molar-refractivity contribution >= 4 is 39.9 Å². The third kappa shape index (κ3) is 4.15. The molecule has 0 unspecified atom stereocenters. The molecule has 2 aromatic carbocycles. The summed E-state index contributed by atoms with van der Waals surface area (Å²) in [5, 5.41) is 19.5. The van der Waals surface area contributed by atoms with Crippen LogP contribution < -0.4 is 4.90 Å². The van der Waals surface area contributed by atoms with Crippen LogP contribution in [0.5, 0.6) is 0 Å². The third-order valence-corrected chi connectivity index (χ3v) is 7.52. The van der Waals surface area contributed by atoms with Crippen molar-refractivity contribution in [1.29, 1.82) is 0 Å². The average molecular weight is 490 g/mol. The number of furan rings is 1. The number of Topliss-reactive ketones (excluding diaryl/α,β-unsaturated/α-hetero) is 1. The van der Waals surface area contributed by atoms with Gasteiger partial charge in [0, 0.05) is 5.75 Å². The predicted octanol–water partition coefficient (Wildman–Crippen LogP) is 5.51. The lowest BCUT2D eigenvalue weighted by molar-refractivity contribution is -0.117.